The Bertz CT molecular complexity index is 578. The van der Waals surface area contributed by atoms with Gasteiger partial charge in [-0.2, -0.15) is 0 Å². The van der Waals surface area contributed by atoms with Crippen LogP contribution in [-0.2, 0) is 6.42 Å². The van der Waals surface area contributed by atoms with Gasteiger partial charge in [0.25, 0.3) is 0 Å². The molecule has 0 aromatic heterocycles. The Hall–Kier alpha value is -2.00. The molecule has 0 saturated heterocycles. The van der Waals surface area contributed by atoms with Crippen LogP contribution in [0.5, 0.6) is 11.5 Å². The molecule has 2 aromatic rings. The van der Waals surface area contributed by atoms with Gasteiger partial charge in [-0.25, -0.2) is 0 Å². The van der Waals surface area contributed by atoms with Crippen molar-refractivity contribution in [3.8, 4) is 11.5 Å². The summed E-state index contributed by atoms with van der Waals surface area (Å²) in [6, 6.07) is 13.5. The molecule has 0 bridgehead atoms. The van der Waals surface area contributed by atoms with E-state index >= 15 is 0 Å². The van der Waals surface area contributed by atoms with Gasteiger partial charge in [-0.1, -0.05) is 29.8 Å². The minimum Gasteiger partial charge on any atom is -0.496 e. The van der Waals surface area contributed by atoms with Crippen LogP contribution in [-0.4, -0.2) is 19.3 Å². The zero-order valence-electron chi connectivity index (χ0n) is 12.1. The molecule has 0 saturated carbocycles. The number of ether oxygens (including phenoxy) is 2. The SMILES string of the molecule is COc1ccccc1CC(O)c1cc(C)ccc1OC. The smallest absolute Gasteiger partial charge is 0.124 e. The van der Waals surface area contributed by atoms with Crippen molar-refractivity contribution < 1.29 is 14.6 Å². The van der Waals surface area contributed by atoms with Gasteiger partial charge in [0.05, 0.1) is 20.3 Å². The number of aryl methyl sites for hydroxylation is 1. The molecule has 0 radical (unpaired) electrons. The Morgan fingerprint density at radius 2 is 1.70 bits per heavy atom. The number of methoxy groups -OCH3 is 2. The molecule has 20 heavy (non-hydrogen) atoms. The van der Waals surface area contributed by atoms with Crippen molar-refractivity contribution in [1.82, 2.24) is 0 Å². The number of hydrogen-bond donors (Lipinski definition) is 1. The number of rotatable bonds is 5. The molecule has 0 amide bonds. The van der Waals surface area contributed by atoms with Gasteiger partial charge in [0, 0.05) is 12.0 Å². The monoisotopic (exact) mass is 272 g/mol. The highest BCUT2D eigenvalue weighted by Crippen LogP contribution is 2.30. The molecule has 0 fully saturated rings. The maximum Gasteiger partial charge on any atom is 0.124 e. The van der Waals surface area contributed by atoms with Gasteiger partial charge < -0.3 is 14.6 Å². The molecule has 2 rings (SSSR count). The molecule has 3 heteroatoms. The highest BCUT2D eigenvalue weighted by Gasteiger charge is 2.16. The molecule has 106 valence electrons. The summed E-state index contributed by atoms with van der Waals surface area (Å²) in [6.45, 7) is 2.00. The van der Waals surface area contributed by atoms with Crippen molar-refractivity contribution in [1.29, 1.82) is 0 Å². The number of para-hydroxylation sites is 1. The zero-order valence-corrected chi connectivity index (χ0v) is 12.1. The third-order valence-electron chi connectivity index (χ3n) is 3.35. The lowest BCUT2D eigenvalue weighted by molar-refractivity contribution is 0.173. The minimum absolute atomic E-state index is 0.490. The second-order valence-electron chi connectivity index (χ2n) is 4.78. The van der Waals surface area contributed by atoms with Crippen molar-refractivity contribution >= 4 is 0 Å². The quantitative estimate of drug-likeness (QED) is 0.907. The Labute approximate surface area is 119 Å². The van der Waals surface area contributed by atoms with E-state index in [4.69, 9.17) is 9.47 Å². The third-order valence-corrected chi connectivity index (χ3v) is 3.35. The largest absolute Gasteiger partial charge is 0.496 e. The van der Waals surface area contributed by atoms with Crippen LogP contribution in [0.2, 0.25) is 0 Å². The van der Waals surface area contributed by atoms with Gasteiger partial charge in [-0.15, -0.1) is 0 Å². The maximum atomic E-state index is 10.5. The van der Waals surface area contributed by atoms with E-state index in [1.54, 1.807) is 14.2 Å². The molecule has 1 atom stereocenters. The highest BCUT2D eigenvalue weighted by atomic mass is 16.5. The second-order valence-corrected chi connectivity index (χ2v) is 4.78. The van der Waals surface area contributed by atoms with Gasteiger partial charge in [0.1, 0.15) is 11.5 Å². The second kappa shape index (κ2) is 6.44. The molecule has 2 aromatic carbocycles. The maximum absolute atomic E-state index is 10.5. The molecule has 1 unspecified atom stereocenters. The van der Waals surface area contributed by atoms with Crippen molar-refractivity contribution in [3.05, 3.63) is 59.2 Å². The standard InChI is InChI=1S/C17H20O3/c1-12-8-9-17(20-3)14(10-12)15(18)11-13-6-4-5-7-16(13)19-2/h4-10,15,18H,11H2,1-3H3. The van der Waals surface area contributed by atoms with Crippen LogP contribution in [0.25, 0.3) is 0 Å². The Morgan fingerprint density at radius 1 is 1.00 bits per heavy atom. The van der Waals surface area contributed by atoms with E-state index in [-0.39, 0.29) is 0 Å². The van der Waals surface area contributed by atoms with Gasteiger partial charge in [0.15, 0.2) is 0 Å². The lowest BCUT2D eigenvalue weighted by atomic mass is 9.98. The Kier molecular flexibility index (Phi) is 4.64. The summed E-state index contributed by atoms with van der Waals surface area (Å²) in [5.41, 5.74) is 2.88. The van der Waals surface area contributed by atoms with E-state index < -0.39 is 6.10 Å². The van der Waals surface area contributed by atoms with Crippen LogP contribution < -0.4 is 9.47 Å². The number of benzene rings is 2. The topological polar surface area (TPSA) is 38.7 Å². The third kappa shape index (κ3) is 3.11. The molecular formula is C17H20O3. The Balaban J connectivity index is 2.28. The Morgan fingerprint density at radius 3 is 2.40 bits per heavy atom. The van der Waals surface area contributed by atoms with Gasteiger partial charge >= 0.3 is 0 Å². The normalized spacial score (nSPS) is 12.0. The minimum atomic E-state index is -0.624. The van der Waals surface area contributed by atoms with Crippen LogP contribution in [0.4, 0.5) is 0 Å². The molecule has 0 heterocycles. The van der Waals surface area contributed by atoms with Crippen LogP contribution in [0.15, 0.2) is 42.5 Å². The summed E-state index contributed by atoms with van der Waals surface area (Å²) in [5.74, 6) is 1.50. The summed E-state index contributed by atoms with van der Waals surface area (Å²) in [7, 11) is 3.25. The van der Waals surface area contributed by atoms with Crippen molar-refractivity contribution in [2.75, 3.05) is 14.2 Å². The van der Waals surface area contributed by atoms with E-state index in [0.29, 0.717) is 12.2 Å². The average Bonchev–Trinajstić information content (AvgIpc) is 2.47. The fraction of sp³-hybridized carbons (Fsp3) is 0.294. The van der Waals surface area contributed by atoms with Crippen LogP contribution in [0.3, 0.4) is 0 Å². The fourth-order valence-electron chi connectivity index (χ4n) is 2.30. The van der Waals surface area contributed by atoms with E-state index in [2.05, 4.69) is 0 Å². The lowest BCUT2D eigenvalue weighted by Gasteiger charge is -2.17. The zero-order chi connectivity index (χ0) is 14.5. The molecular weight excluding hydrogens is 252 g/mol. The summed E-state index contributed by atoms with van der Waals surface area (Å²) >= 11 is 0. The molecule has 0 aliphatic heterocycles. The van der Waals surface area contributed by atoms with Crippen molar-refractivity contribution in [3.63, 3.8) is 0 Å². The summed E-state index contributed by atoms with van der Waals surface area (Å²) in [4.78, 5) is 0. The molecule has 1 N–H and O–H groups in total. The summed E-state index contributed by atoms with van der Waals surface area (Å²) in [5, 5.41) is 10.5. The van der Waals surface area contributed by atoms with Crippen LogP contribution in [0, 0.1) is 6.92 Å². The number of aliphatic hydroxyl groups is 1. The fourth-order valence-corrected chi connectivity index (χ4v) is 2.30. The first-order chi connectivity index (χ1) is 9.65. The van der Waals surface area contributed by atoms with Crippen LogP contribution in [0.1, 0.15) is 22.8 Å². The van der Waals surface area contributed by atoms with E-state index in [1.165, 1.54) is 0 Å². The first-order valence-electron chi connectivity index (χ1n) is 6.60. The molecule has 0 spiro atoms. The summed E-state index contributed by atoms with van der Waals surface area (Å²) in [6.07, 6.45) is -0.134. The van der Waals surface area contributed by atoms with Gasteiger partial charge in [0.2, 0.25) is 0 Å². The average molecular weight is 272 g/mol. The van der Waals surface area contributed by atoms with E-state index in [1.807, 2.05) is 49.4 Å². The predicted molar refractivity (Wildman–Crippen MR) is 79.4 cm³/mol. The highest BCUT2D eigenvalue weighted by molar-refractivity contribution is 5.41. The number of aliphatic hydroxyl groups excluding tert-OH is 1. The van der Waals surface area contributed by atoms with Gasteiger partial charge in [-0.05, 0) is 30.7 Å². The molecule has 0 aliphatic rings. The van der Waals surface area contributed by atoms with Crippen molar-refractivity contribution in [2.45, 2.75) is 19.4 Å². The van der Waals surface area contributed by atoms with Gasteiger partial charge in [-0.3, -0.25) is 0 Å². The predicted octanol–water partition coefficient (Wildman–Crippen LogP) is 3.29. The van der Waals surface area contributed by atoms with Crippen molar-refractivity contribution in [2.24, 2.45) is 0 Å². The summed E-state index contributed by atoms with van der Waals surface area (Å²) < 4.78 is 10.6. The lowest BCUT2D eigenvalue weighted by Crippen LogP contribution is -2.05. The first-order valence-corrected chi connectivity index (χ1v) is 6.60. The first kappa shape index (κ1) is 14.4. The van der Waals surface area contributed by atoms with E-state index in [0.717, 1.165) is 22.4 Å². The molecule has 0 aliphatic carbocycles. The van der Waals surface area contributed by atoms with Crippen LogP contribution >= 0.6 is 0 Å². The van der Waals surface area contributed by atoms with E-state index in [9.17, 15) is 5.11 Å². The molecule has 3 nitrogen and oxygen atoms in total. The number of hydrogen-bond acceptors (Lipinski definition) is 3.